The molecule has 0 bridgehead atoms. The maximum atomic E-state index is 5.54. The molecule has 5 nitrogen and oxygen atoms in total. The highest BCUT2D eigenvalue weighted by Crippen LogP contribution is 2.35. The predicted molar refractivity (Wildman–Crippen MR) is 89.4 cm³/mol. The van der Waals surface area contributed by atoms with Crippen LogP contribution in [0.5, 0.6) is 11.5 Å². The average Bonchev–Trinajstić information content (AvgIpc) is 3.06. The minimum atomic E-state index is 0. The van der Waals surface area contributed by atoms with E-state index < -0.39 is 0 Å². The van der Waals surface area contributed by atoms with E-state index in [9.17, 15) is 0 Å². The fourth-order valence-corrected chi connectivity index (χ4v) is 3.17. The molecule has 1 fully saturated rings. The summed E-state index contributed by atoms with van der Waals surface area (Å²) < 4.78 is 11.0. The zero-order valence-electron chi connectivity index (χ0n) is 13.4. The van der Waals surface area contributed by atoms with E-state index in [1.807, 2.05) is 12.1 Å². The van der Waals surface area contributed by atoms with Crippen molar-refractivity contribution >= 4 is 12.4 Å². The van der Waals surface area contributed by atoms with Gasteiger partial charge in [0.05, 0.1) is 0 Å². The van der Waals surface area contributed by atoms with Crippen LogP contribution in [-0.2, 0) is 6.54 Å². The third kappa shape index (κ3) is 3.66. The van der Waals surface area contributed by atoms with Crippen LogP contribution in [0.3, 0.4) is 0 Å². The highest BCUT2D eigenvalue weighted by Gasteiger charge is 2.35. The summed E-state index contributed by atoms with van der Waals surface area (Å²) in [5, 5.41) is 3.56. The molecule has 2 heterocycles. The first-order valence-electron chi connectivity index (χ1n) is 7.62. The number of hydrazine groups is 1. The van der Waals surface area contributed by atoms with Crippen LogP contribution in [-0.4, -0.2) is 25.9 Å². The van der Waals surface area contributed by atoms with E-state index in [1.54, 1.807) is 0 Å². The Balaban J connectivity index is 0.00000176. The van der Waals surface area contributed by atoms with E-state index in [2.05, 4.69) is 43.0 Å². The summed E-state index contributed by atoms with van der Waals surface area (Å²) in [5.74, 6) is 2.32. The summed E-state index contributed by atoms with van der Waals surface area (Å²) in [7, 11) is 0. The van der Waals surface area contributed by atoms with Gasteiger partial charge in [0, 0.05) is 37.2 Å². The molecule has 2 aliphatic heterocycles. The van der Waals surface area contributed by atoms with Crippen LogP contribution in [0.25, 0.3) is 0 Å². The number of halogens is 1. The number of hydrogen-bond donors (Lipinski definition) is 3. The van der Waals surface area contributed by atoms with Crippen LogP contribution in [0, 0.1) is 11.3 Å². The van der Waals surface area contributed by atoms with Crippen LogP contribution < -0.4 is 25.6 Å². The molecule has 2 atom stereocenters. The quantitative estimate of drug-likeness (QED) is 0.790. The molecule has 22 heavy (non-hydrogen) atoms. The fourth-order valence-electron chi connectivity index (χ4n) is 3.17. The zero-order chi connectivity index (χ0) is 14.9. The van der Waals surface area contributed by atoms with Crippen LogP contribution in [0.4, 0.5) is 0 Å². The highest BCUT2D eigenvalue weighted by atomic mass is 35.5. The van der Waals surface area contributed by atoms with E-state index in [0.717, 1.165) is 36.7 Å². The van der Waals surface area contributed by atoms with E-state index in [-0.39, 0.29) is 17.8 Å². The van der Waals surface area contributed by atoms with Gasteiger partial charge >= 0.3 is 0 Å². The summed E-state index contributed by atoms with van der Waals surface area (Å²) >= 11 is 0. The Labute approximate surface area is 138 Å². The summed E-state index contributed by atoms with van der Waals surface area (Å²) in [4.78, 5) is 0. The Bertz CT molecular complexity index is 505. The lowest BCUT2D eigenvalue weighted by atomic mass is 9.80. The minimum absolute atomic E-state index is 0. The normalized spacial score (nSPS) is 23.4. The Morgan fingerprint density at radius 2 is 2.09 bits per heavy atom. The molecule has 3 N–H and O–H groups in total. The molecule has 6 heteroatoms. The van der Waals surface area contributed by atoms with Crippen molar-refractivity contribution in [3.63, 3.8) is 0 Å². The topological polar surface area (TPSA) is 54.5 Å². The molecule has 124 valence electrons. The monoisotopic (exact) mass is 327 g/mol. The van der Waals surface area contributed by atoms with Gasteiger partial charge < -0.3 is 14.8 Å². The van der Waals surface area contributed by atoms with E-state index >= 15 is 0 Å². The van der Waals surface area contributed by atoms with Crippen molar-refractivity contribution in [1.29, 1.82) is 0 Å². The van der Waals surface area contributed by atoms with Crippen molar-refractivity contribution in [2.24, 2.45) is 11.3 Å². The second-order valence-corrected chi connectivity index (χ2v) is 6.91. The van der Waals surface area contributed by atoms with E-state index in [0.29, 0.717) is 18.8 Å². The number of nitrogens with one attached hydrogen (secondary N) is 3. The first kappa shape index (κ1) is 17.3. The first-order chi connectivity index (χ1) is 10.1. The molecule has 2 aliphatic rings. The van der Waals surface area contributed by atoms with Gasteiger partial charge in [0.2, 0.25) is 6.79 Å². The van der Waals surface area contributed by atoms with Crippen molar-refractivity contribution in [2.75, 3.05) is 19.9 Å². The molecule has 2 unspecified atom stereocenters. The number of hydrogen-bond acceptors (Lipinski definition) is 5. The molecule has 1 aromatic rings. The Morgan fingerprint density at radius 3 is 2.86 bits per heavy atom. The summed E-state index contributed by atoms with van der Waals surface area (Å²) in [6.45, 7) is 9.95. The summed E-state index contributed by atoms with van der Waals surface area (Å²) in [5.41, 5.74) is 8.10. The second-order valence-electron chi connectivity index (χ2n) is 6.91. The van der Waals surface area contributed by atoms with Gasteiger partial charge in [-0.25, -0.2) is 0 Å². The number of ether oxygens (including phenoxy) is 2. The minimum Gasteiger partial charge on any atom is -0.454 e. The molecule has 0 amide bonds. The molecule has 0 aromatic heterocycles. The van der Waals surface area contributed by atoms with Gasteiger partial charge in [0.15, 0.2) is 11.5 Å². The van der Waals surface area contributed by atoms with Gasteiger partial charge in [-0.15, -0.1) is 12.4 Å². The second kappa shape index (κ2) is 7.04. The van der Waals surface area contributed by atoms with Gasteiger partial charge in [-0.05, 0) is 11.5 Å². The SMILES string of the molecule is CC(C)(C)C1NNCC1CNCc1cccc2c1OCO2.Cl. The molecule has 3 rings (SSSR count). The van der Waals surface area contributed by atoms with Crippen LogP contribution >= 0.6 is 12.4 Å². The molecule has 0 spiro atoms. The summed E-state index contributed by atoms with van der Waals surface area (Å²) in [6.07, 6.45) is 0. The number of benzene rings is 1. The third-order valence-electron chi connectivity index (χ3n) is 4.23. The van der Waals surface area contributed by atoms with Crippen molar-refractivity contribution < 1.29 is 9.47 Å². The molecular formula is C16H26ClN3O2. The number of fused-ring (bicyclic) bond motifs is 1. The first-order valence-corrected chi connectivity index (χ1v) is 7.62. The molecular weight excluding hydrogens is 302 g/mol. The largest absolute Gasteiger partial charge is 0.454 e. The van der Waals surface area contributed by atoms with Gasteiger partial charge in [0.25, 0.3) is 0 Å². The Morgan fingerprint density at radius 1 is 1.27 bits per heavy atom. The fraction of sp³-hybridized carbons (Fsp3) is 0.625. The average molecular weight is 328 g/mol. The summed E-state index contributed by atoms with van der Waals surface area (Å²) in [6, 6.07) is 6.53. The maximum absolute atomic E-state index is 5.54. The lowest BCUT2D eigenvalue weighted by molar-refractivity contribution is 0.173. The van der Waals surface area contributed by atoms with E-state index in [4.69, 9.17) is 9.47 Å². The molecule has 0 aliphatic carbocycles. The van der Waals surface area contributed by atoms with Crippen LogP contribution in [0.1, 0.15) is 26.3 Å². The standard InChI is InChI=1S/C16H25N3O2.ClH/c1-16(2,3)15-12(9-18-19-15)8-17-7-11-5-4-6-13-14(11)21-10-20-13;/h4-6,12,15,17-19H,7-10H2,1-3H3;1H. The van der Waals surface area contributed by atoms with Gasteiger partial charge in [-0.1, -0.05) is 32.9 Å². The molecule has 1 aromatic carbocycles. The maximum Gasteiger partial charge on any atom is 0.231 e. The van der Waals surface area contributed by atoms with Gasteiger partial charge in [0.1, 0.15) is 0 Å². The number of rotatable bonds is 4. The zero-order valence-corrected chi connectivity index (χ0v) is 14.3. The Hall–Kier alpha value is -1.01. The predicted octanol–water partition coefficient (Wildman–Crippen LogP) is 2.07. The van der Waals surface area contributed by atoms with Crippen molar-refractivity contribution in [3.05, 3.63) is 23.8 Å². The van der Waals surface area contributed by atoms with Gasteiger partial charge in [-0.2, -0.15) is 0 Å². The Kier molecular flexibility index (Phi) is 5.55. The third-order valence-corrected chi connectivity index (χ3v) is 4.23. The van der Waals surface area contributed by atoms with Crippen molar-refractivity contribution in [2.45, 2.75) is 33.4 Å². The lowest BCUT2D eigenvalue weighted by Crippen LogP contribution is -2.44. The van der Waals surface area contributed by atoms with Crippen molar-refractivity contribution in [1.82, 2.24) is 16.2 Å². The molecule has 0 saturated carbocycles. The highest BCUT2D eigenvalue weighted by molar-refractivity contribution is 5.85. The lowest BCUT2D eigenvalue weighted by Gasteiger charge is -2.31. The van der Waals surface area contributed by atoms with Gasteiger partial charge in [-0.3, -0.25) is 10.9 Å². The molecule has 1 saturated heterocycles. The number of para-hydroxylation sites is 1. The van der Waals surface area contributed by atoms with Crippen LogP contribution in [0.2, 0.25) is 0 Å². The van der Waals surface area contributed by atoms with E-state index in [1.165, 1.54) is 0 Å². The molecule has 0 radical (unpaired) electrons. The van der Waals surface area contributed by atoms with Crippen LogP contribution in [0.15, 0.2) is 18.2 Å². The smallest absolute Gasteiger partial charge is 0.231 e. The van der Waals surface area contributed by atoms with Crippen molar-refractivity contribution in [3.8, 4) is 11.5 Å².